The number of fused-ring (bicyclic) bond motifs is 10. The third kappa shape index (κ3) is 3.27. The Hall–Kier alpha value is -5.95. The van der Waals surface area contributed by atoms with Crippen LogP contribution in [-0.2, 0) is 0 Å². The van der Waals surface area contributed by atoms with E-state index in [-0.39, 0.29) is 0 Å². The van der Waals surface area contributed by atoms with Crippen molar-refractivity contribution in [2.24, 2.45) is 0 Å². The highest BCUT2D eigenvalue weighted by Crippen LogP contribution is 2.43. The van der Waals surface area contributed by atoms with Crippen molar-refractivity contribution in [2.75, 3.05) is 0 Å². The lowest BCUT2D eigenvalue weighted by molar-refractivity contribution is 1.13. The first-order valence-corrected chi connectivity index (χ1v) is 14.7. The molecule has 0 unspecified atom stereocenters. The van der Waals surface area contributed by atoms with Gasteiger partial charge in [-0.1, -0.05) is 24.3 Å². The lowest BCUT2D eigenvalue weighted by Crippen LogP contribution is -1.98. The van der Waals surface area contributed by atoms with Gasteiger partial charge in [0.25, 0.3) is 0 Å². The molecule has 0 atom stereocenters. The third-order valence-corrected chi connectivity index (χ3v) is 9.58. The van der Waals surface area contributed by atoms with Crippen LogP contribution in [0.1, 0.15) is 11.1 Å². The van der Waals surface area contributed by atoms with Crippen LogP contribution in [0.2, 0.25) is 0 Å². The average Bonchev–Trinajstić information content (AvgIpc) is 3.71. The van der Waals surface area contributed by atoms with Crippen LogP contribution in [-0.4, -0.2) is 14.1 Å². The van der Waals surface area contributed by atoms with Gasteiger partial charge >= 0.3 is 0 Å². The molecule has 0 saturated heterocycles. The molecular weight excluding hydrogens is 547 g/mol. The molecule has 5 nitrogen and oxygen atoms in total. The second-order valence-corrected chi connectivity index (χ2v) is 11.7. The molecule has 0 N–H and O–H groups in total. The summed E-state index contributed by atoms with van der Waals surface area (Å²) in [6.45, 7) is 0. The Labute approximate surface area is 249 Å². The van der Waals surface area contributed by atoms with Gasteiger partial charge in [-0.25, -0.2) is 0 Å². The number of rotatable bonds is 2. The normalized spacial score (nSPS) is 11.7. The topological polar surface area (TPSA) is 70.3 Å². The van der Waals surface area contributed by atoms with E-state index in [1.54, 1.807) is 11.3 Å². The standard InChI is InChI=1S/C37H19N5S/c38-20-22-10-13-31-28(17-22)29-18-23(21-39)11-14-32(29)41(31)24-5-3-6-25(19-24)42-30-8-2-1-7-26(30)35-33(42)15-12-27-36-34(43-37(27)35)9-4-16-40-36/h1-19H. The highest BCUT2D eigenvalue weighted by molar-refractivity contribution is 7.26. The van der Waals surface area contributed by atoms with Gasteiger partial charge in [-0.2, -0.15) is 10.5 Å². The number of nitriles is 2. The van der Waals surface area contributed by atoms with Crippen LogP contribution in [0.15, 0.2) is 115 Å². The largest absolute Gasteiger partial charge is 0.309 e. The van der Waals surface area contributed by atoms with Gasteiger partial charge in [0.05, 0.1) is 55.5 Å². The molecule has 5 aromatic carbocycles. The molecule has 0 aliphatic heterocycles. The summed E-state index contributed by atoms with van der Waals surface area (Å²) in [6, 6.07) is 41.8. The predicted octanol–water partition coefficient (Wildman–Crippen LogP) is 9.39. The zero-order valence-electron chi connectivity index (χ0n) is 22.6. The van der Waals surface area contributed by atoms with Crippen LogP contribution in [0, 0.1) is 22.7 Å². The average molecular weight is 566 g/mol. The molecule has 0 saturated carbocycles. The molecule has 0 amide bonds. The number of hydrogen-bond acceptors (Lipinski definition) is 4. The van der Waals surface area contributed by atoms with Gasteiger partial charge in [0.2, 0.25) is 0 Å². The molecule has 4 aromatic heterocycles. The van der Waals surface area contributed by atoms with Gasteiger partial charge in [-0.3, -0.25) is 4.98 Å². The van der Waals surface area contributed by atoms with Crippen molar-refractivity contribution in [2.45, 2.75) is 0 Å². The van der Waals surface area contributed by atoms with Crippen molar-refractivity contribution in [3.05, 3.63) is 127 Å². The van der Waals surface area contributed by atoms with Crippen LogP contribution in [0.25, 0.3) is 75.3 Å². The van der Waals surface area contributed by atoms with Gasteiger partial charge in [-0.05, 0) is 84.9 Å². The van der Waals surface area contributed by atoms with Crippen molar-refractivity contribution in [1.82, 2.24) is 14.1 Å². The fraction of sp³-hybridized carbons (Fsp3) is 0. The first-order valence-electron chi connectivity index (χ1n) is 13.9. The summed E-state index contributed by atoms with van der Waals surface area (Å²) in [5.41, 5.74) is 8.57. The fourth-order valence-corrected chi connectivity index (χ4v) is 7.81. The highest BCUT2D eigenvalue weighted by Gasteiger charge is 2.19. The minimum Gasteiger partial charge on any atom is -0.309 e. The van der Waals surface area contributed by atoms with E-state index in [1.807, 2.05) is 48.7 Å². The van der Waals surface area contributed by atoms with Gasteiger partial charge in [0.1, 0.15) is 0 Å². The van der Waals surface area contributed by atoms with Crippen molar-refractivity contribution in [3.63, 3.8) is 0 Å². The molecule has 0 spiro atoms. The van der Waals surface area contributed by atoms with Gasteiger partial charge in [0, 0.05) is 49.2 Å². The van der Waals surface area contributed by atoms with E-state index in [9.17, 15) is 10.5 Å². The Morgan fingerprint density at radius 1 is 0.558 bits per heavy atom. The van der Waals surface area contributed by atoms with E-state index in [4.69, 9.17) is 4.98 Å². The Kier molecular flexibility index (Phi) is 4.84. The summed E-state index contributed by atoms with van der Waals surface area (Å²) in [4.78, 5) is 4.70. The lowest BCUT2D eigenvalue weighted by Gasteiger charge is -2.13. The minimum absolute atomic E-state index is 0.593. The van der Waals surface area contributed by atoms with E-state index in [0.717, 1.165) is 49.7 Å². The summed E-state index contributed by atoms with van der Waals surface area (Å²) in [5.74, 6) is 0. The molecule has 4 heterocycles. The number of aromatic nitrogens is 3. The quantitative estimate of drug-likeness (QED) is 0.210. The van der Waals surface area contributed by atoms with E-state index in [0.29, 0.717) is 11.1 Å². The maximum Gasteiger partial charge on any atom is 0.0991 e. The van der Waals surface area contributed by atoms with E-state index in [2.05, 4.69) is 88.0 Å². The second kappa shape index (κ2) is 8.77. The lowest BCUT2D eigenvalue weighted by atomic mass is 10.1. The molecule has 0 aliphatic carbocycles. The van der Waals surface area contributed by atoms with Gasteiger partial charge in [-0.15, -0.1) is 11.3 Å². The molecule has 198 valence electrons. The van der Waals surface area contributed by atoms with Gasteiger partial charge < -0.3 is 9.13 Å². The Balaban J connectivity index is 1.35. The first kappa shape index (κ1) is 23.7. The highest BCUT2D eigenvalue weighted by atomic mass is 32.1. The molecule has 43 heavy (non-hydrogen) atoms. The molecule has 6 heteroatoms. The third-order valence-electron chi connectivity index (χ3n) is 8.40. The van der Waals surface area contributed by atoms with Crippen molar-refractivity contribution in [1.29, 1.82) is 10.5 Å². The Morgan fingerprint density at radius 3 is 1.93 bits per heavy atom. The minimum atomic E-state index is 0.593. The van der Waals surface area contributed by atoms with Gasteiger partial charge in [0.15, 0.2) is 0 Å². The number of hydrogen-bond donors (Lipinski definition) is 0. The second-order valence-electron chi connectivity index (χ2n) is 10.7. The first-order chi connectivity index (χ1) is 21.2. The van der Waals surface area contributed by atoms with Crippen molar-refractivity contribution >= 4 is 75.3 Å². The number of para-hydroxylation sites is 1. The number of thiophene rings is 1. The summed E-state index contributed by atoms with van der Waals surface area (Å²) in [6.07, 6.45) is 1.87. The van der Waals surface area contributed by atoms with Crippen LogP contribution in [0.5, 0.6) is 0 Å². The summed E-state index contributed by atoms with van der Waals surface area (Å²) < 4.78 is 7.01. The molecule has 9 rings (SSSR count). The van der Waals surface area contributed by atoms with Crippen LogP contribution in [0.3, 0.4) is 0 Å². The number of pyridine rings is 1. The summed E-state index contributed by atoms with van der Waals surface area (Å²) >= 11 is 1.80. The molecular formula is C37H19N5S. The fourth-order valence-electron chi connectivity index (χ4n) is 6.60. The Bertz CT molecular complexity index is 2640. The smallest absolute Gasteiger partial charge is 0.0991 e. The van der Waals surface area contributed by atoms with E-state index in [1.165, 1.54) is 25.6 Å². The van der Waals surface area contributed by atoms with Crippen LogP contribution in [0.4, 0.5) is 0 Å². The maximum atomic E-state index is 9.60. The molecule has 0 aliphatic rings. The Morgan fingerprint density at radius 2 is 1.21 bits per heavy atom. The van der Waals surface area contributed by atoms with Crippen molar-refractivity contribution < 1.29 is 0 Å². The molecule has 0 fully saturated rings. The number of benzene rings is 5. The molecule has 9 aromatic rings. The van der Waals surface area contributed by atoms with E-state index < -0.39 is 0 Å². The maximum absolute atomic E-state index is 9.60. The molecule has 0 radical (unpaired) electrons. The van der Waals surface area contributed by atoms with Crippen LogP contribution >= 0.6 is 11.3 Å². The summed E-state index contributed by atoms with van der Waals surface area (Å²) in [7, 11) is 0. The zero-order chi connectivity index (χ0) is 28.7. The zero-order valence-corrected chi connectivity index (χ0v) is 23.4. The molecule has 0 bridgehead atoms. The van der Waals surface area contributed by atoms with Crippen LogP contribution < -0.4 is 0 Å². The summed E-state index contributed by atoms with van der Waals surface area (Å²) in [5, 5.41) is 24.7. The number of nitrogens with zero attached hydrogens (tertiary/aromatic N) is 5. The SMILES string of the molecule is N#Cc1ccc2c(c1)c1cc(C#N)ccc1n2-c1cccc(-n2c3ccccc3c3c4sc5cccnc5c4ccc32)c1. The van der Waals surface area contributed by atoms with E-state index >= 15 is 0 Å². The predicted molar refractivity (Wildman–Crippen MR) is 175 cm³/mol. The van der Waals surface area contributed by atoms with Crippen molar-refractivity contribution in [3.8, 4) is 23.5 Å². The monoisotopic (exact) mass is 565 g/mol.